The first-order chi connectivity index (χ1) is 19.2. The van der Waals surface area contributed by atoms with E-state index in [4.69, 9.17) is 4.74 Å². The van der Waals surface area contributed by atoms with E-state index in [9.17, 15) is 4.39 Å². The summed E-state index contributed by atoms with van der Waals surface area (Å²) in [6.45, 7) is 7.62. The van der Waals surface area contributed by atoms with Gasteiger partial charge in [0.05, 0.1) is 6.04 Å². The molecule has 0 aromatic heterocycles. The molecular weight excluding hydrogens is 511 g/mol. The molecule has 7 heteroatoms. The summed E-state index contributed by atoms with van der Waals surface area (Å²) in [5, 5.41) is 3.46. The number of fused-ring (bicyclic) bond motifs is 1. The number of ether oxygens (including phenoxy) is 1. The fourth-order valence-electron chi connectivity index (χ4n) is 6.74. The Labute approximate surface area is 235 Å². The highest BCUT2D eigenvalue weighted by Crippen LogP contribution is 2.43. The molecule has 0 saturated carbocycles. The lowest BCUT2D eigenvalue weighted by molar-refractivity contribution is 0.0971. The number of hydrogen-bond acceptors (Lipinski definition) is 4. The number of anilines is 1. The van der Waals surface area contributed by atoms with E-state index in [1.54, 1.807) is 0 Å². The van der Waals surface area contributed by atoms with Crippen LogP contribution < -0.4 is 15.0 Å². The predicted molar refractivity (Wildman–Crippen MR) is 153 cm³/mol. The van der Waals surface area contributed by atoms with Crippen molar-refractivity contribution in [3.8, 4) is 5.75 Å². The van der Waals surface area contributed by atoms with E-state index in [2.05, 4.69) is 10.2 Å². The Hall–Kier alpha value is -3.03. The van der Waals surface area contributed by atoms with Gasteiger partial charge in [-0.05, 0) is 80.6 Å². The average molecular weight is 550 g/mol. The topological polar surface area (TPSA) is 27.7 Å². The normalized spacial score (nSPS) is 20.7. The zero-order valence-corrected chi connectivity index (χ0v) is 23.4. The Bertz CT molecular complexity index is 1320. The number of piperidine rings is 1. The van der Waals surface area contributed by atoms with E-state index in [0.29, 0.717) is 31.0 Å². The molecule has 1 atom stereocenters. The molecule has 6 rings (SSSR count). The number of nitrogens with one attached hydrogen (secondary N) is 1. The van der Waals surface area contributed by atoms with Gasteiger partial charge >= 0.3 is 0 Å². The molecule has 3 aromatic rings. The fourth-order valence-corrected chi connectivity index (χ4v) is 6.74. The number of alkyl halides is 1. The number of halogens is 3. The van der Waals surface area contributed by atoms with E-state index >= 15 is 8.78 Å². The minimum Gasteiger partial charge on any atom is -0.489 e. The Morgan fingerprint density at radius 3 is 2.45 bits per heavy atom. The minimum absolute atomic E-state index is 0.0125. The van der Waals surface area contributed by atoms with Crippen LogP contribution in [0.25, 0.3) is 0 Å². The van der Waals surface area contributed by atoms with Gasteiger partial charge in [-0.2, -0.15) is 0 Å². The van der Waals surface area contributed by atoms with Gasteiger partial charge in [0.1, 0.15) is 29.7 Å². The highest BCUT2D eigenvalue weighted by atomic mass is 19.1. The summed E-state index contributed by atoms with van der Waals surface area (Å²) in [4.78, 5) is 3.94. The summed E-state index contributed by atoms with van der Waals surface area (Å²) in [6, 6.07) is 17.8. The molecule has 3 aromatic carbocycles. The van der Waals surface area contributed by atoms with Crippen LogP contribution in [0.2, 0.25) is 0 Å². The first-order valence-electron chi connectivity index (χ1n) is 14.4. The Morgan fingerprint density at radius 1 is 1.02 bits per heavy atom. The zero-order valence-electron chi connectivity index (χ0n) is 23.4. The van der Waals surface area contributed by atoms with Gasteiger partial charge in [-0.3, -0.25) is 4.90 Å². The molecule has 212 valence electrons. The van der Waals surface area contributed by atoms with Crippen molar-refractivity contribution in [1.29, 1.82) is 0 Å². The van der Waals surface area contributed by atoms with Crippen LogP contribution in [0.15, 0.2) is 60.7 Å². The lowest BCUT2D eigenvalue weighted by Crippen LogP contribution is -2.62. The first-order valence-corrected chi connectivity index (χ1v) is 14.4. The first kappa shape index (κ1) is 27.2. The molecule has 0 amide bonds. The third kappa shape index (κ3) is 5.59. The molecule has 1 unspecified atom stereocenters. The summed E-state index contributed by atoms with van der Waals surface area (Å²) in [5.74, 6) is -0.455. The van der Waals surface area contributed by atoms with Crippen molar-refractivity contribution in [3.63, 3.8) is 0 Å². The van der Waals surface area contributed by atoms with Gasteiger partial charge in [0.25, 0.3) is 0 Å². The second-order valence-corrected chi connectivity index (χ2v) is 12.4. The van der Waals surface area contributed by atoms with Crippen LogP contribution in [0.1, 0.15) is 55.0 Å². The van der Waals surface area contributed by atoms with Gasteiger partial charge in [-0.15, -0.1) is 0 Å². The average Bonchev–Trinajstić information content (AvgIpc) is 2.91. The van der Waals surface area contributed by atoms with Crippen molar-refractivity contribution in [2.75, 3.05) is 44.2 Å². The third-order valence-corrected chi connectivity index (χ3v) is 8.59. The summed E-state index contributed by atoms with van der Waals surface area (Å²) in [6.07, 6.45) is 2.93. The van der Waals surface area contributed by atoms with Crippen molar-refractivity contribution in [2.45, 2.75) is 51.4 Å². The van der Waals surface area contributed by atoms with E-state index < -0.39 is 23.3 Å². The van der Waals surface area contributed by atoms with Gasteiger partial charge in [-0.25, -0.2) is 13.2 Å². The highest BCUT2D eigenvalue weighted by molar-refractivity contribution is 5.54. The minimum atomic E-state index is -1.51. The van der Waals surface area contributed by atoms with Crippen molar-refractivity contribution in [3.05, 3.63) is 94.6 Å². The van der Waals surface area contributed by atoms with Gasteiger partial charge in [0, 0.05) is 49.4 Å². The van der Waals surface area contributed by atoms with Crippen LogP contribution in [0, 0.1) is 17.0 Å². The molecule has 4 nitrogen and oxygen atoms in total. The van der Waals surface area contributed by atoms with E-state index in [1.165, 1.54) is 26.0 Å². The molecule has 3 aliphatic heterocycles. The lowest BCUT2D eigenvalue weighted by Gasteiger charge is -2.53. The van der Waals surface area contributed by atoms with Crippen LogP contribution in [-0.2, 0) is 13.0 Å². The molecule has 2 saturated heterocycles. The second-order valence-electron chi connectivity index (χ2n) is 12.4. The van der Waals surface area contributed by atoms with Gasteiger partial charge in [0.15, 0.2) is 0 Å². The maximum Gasteiger partial charge on any atom is 0.133 e. The number of benzene rings is 3. The van der Waals surface area contributed by atoms with Gasteiger partial charge in [-0.1, -0.05) is 36.4 Å². The third-order valence-electron chi connectivity index (χ3n) is 8.59. The Balaban J connectivity index is 1.29. The van der Waals surface area contributed by atoms with Gasteiger partial charge in [0.2, 0.25) is 0 Å². The van der Waals surface area contributed by atoms with Crippen molar-refractivity contribution < 1.29 is 17.9 Å². The summed E-state index contributed by atoms with van der Waals surface area (Å²) >= 11 is 0. The second kappa shape index (κ2) is 10.7. The molecular formula is C33H38F3N3O. The van der Waals surface area contributed by atoms with Crippen LogP contribution in [0.3, 0.4) is 0 Å². The van der Waals surface area contributed by atoms with E-state index in [0.717, 1.165) is 55.7 Å². The smallest absolute Gasteiger partial charge is 0.133 e. The highest BCUT2D eigenvalue weighted by Gasteiger charge is 2.44. The zero-order chi connectivity index (χ0) is 27.9. The standard InChI is InChI=1S/C33H38F3N3O/c1-32(2,36)20-38-14-11-24-15-26(40-18-23-7-4-3-5-8-23)9-10-27(24)31(38)30-28(34)16-25(17-29(30)35)39-21-33(22-39)12-6-13-37-19-33/h3-5,7-10,15-17,31,37H,6,11-14,18-22H2,1-2H3. The van der Waals surface area contributed by atoms with Crippen LogP contribution in [0.4, 0.5) is 18.9 Å². The molecule has 3 aliphatic rings. The molecule has 3 heterocycles. The molecule has 0 bridgehead atoms. The molecule has 0 radical (unpaired) electrons. The Morgan fingerprint density at radius 2 is 1.77 bits per heavy atom. The number of hydrogen-bond donors (Lipinski definition) is 1. The van der Waals surface area contributed by atoms with E-state index in [-0.39, 0.29) is 17.5 Å². The van der Waals surface area contributed by atoms with Gasteiger partial charge < -0.3 is 15.0 Å². The summed E-state index contributed by atoms with van der Waals surface area (Å²) in [7, 11) is 0. The predicted octanol–water partition coefficient (Wildman–Crippen LogP) is 6.43. The summed E-state index contributed by atoms with van der Waals surface area (Å²) in [5.41, 5.74) is 2.09. The summed E-state index contributed by atoms with van der Waals surface area (Å²) < 4.78 is 52.8. The van der Waals surface area contributed by atoms with Crippen molar-refractivity contribution >= 4 is 5.69 Å². The Kier molecular flexibility index (Phi) is 7.30. The maximum atomic E-state index is 15.9. The van der Waals surface area contributed by atoms with Crippen LogP contribution in [-0.4, -0.2) is 49.8 Å². The SMILES string of the molecule is CC(C)(F)CN1CCc2cc(OCc3ccccc3)ccc2C1c1c(F)cc(N2CC3(CCCNC3)C2)cc1F. The van der Waals surface area contributed by atoms with Crippen molar-refractivity contribution in [2.24, 2.45) is 5.41 Å². The fraction of sp³-hybridized carbons (Fsp3) is 0.455. The lowest BCUT2D eigenvalue weighted by atomic mass is 9.73. The number of nitrogens with zero attached hydrogens (tertiary/aromatic N) is 2. The monoisotopic (exact) mass is 549 g/mol. The molecule has 0 aliphatic carbocycles. The molecule has 2 fully saturated rings. The van der Waals surface area contributed by atoms with E-state index in [1.807, 2.05) is 53.4 Å². The largest absolute Gasteiger partial charge is 0.489 e. The van der Waals surface area contributed by atoms with Crippen LogP contribution in [0.5, 0.6) is 5.75 Å². The molecule has 40 heavy (non-hydrogen) atoms. The van der Waals surface area contributed by atoms with Crippen LogP contribution >= 0.6 is 0 Å². The number of rotatable bonds is 7. The quantitative estimate of drug-likeness (QED) is 0.368. The van der Waals surface area contributed by atoms with Crippen molar-refractivity contribution in [1.82, 2.24) is 10.2 Å². The molecule has 1 spiro atoms. The maximum absolute atomic E-state index is 15.9. The molecule has 1 N–H and O–H groups in total.